The summed E-state index contributed by atoms with van der Waals surface area (Å²) < 4.78 is 18.5. The smallest absolute Gasteiger partial charge is 0.309 e. The van der Waals surface area contributed by atoms with E-state index in [0.29, 0.717) is 13.2 Å². The molecule has 0 radical (unpaired) electrons. The Hall–Kier alpha value is 0.530. The van der Waals surface area contributed by atoms with E-state index >= 15 is 0 Å². The number of rotatable bonds is 27. The molecule has 5 heteroatoms. The lowest BCUT2D eigenvalue weighted by Gasteiger charge is -2.25. The van der Waals surface area contributed by atoms with Gasteiger partial charge in [0.1, 0.15) is 0 Å². The molecule has 0 heterocycles. The third kappa shape index (κ3) is 24.0. The van der Waals surface area contributed by atoms with Crippen LogP contribution in [0.5, 0.6) is 0 Å². The molecule has 0 rings (SSSR count). The zero-order valence-electron chi connectivity index (χ0n) is 22.9. The summed E-state index contributed by atoms with van der Waals surface area (Å²) in [5, 5.41) is 0. The van der Waals surface area contributed by atoms with Crippen LogP contribution in [0.25, 0.3) is 0 Å². The van der Waals surface area contributed by atoms with Crippen molar-refractivity contribution >= 4 is 18.5 Å². The van der Waals surface area contributed by atoms with Crippen molar-refractivity contribution in [2.75, 3.05) is 13.2 Å². The summed E-state index contributed by atoms with van der Waals surface area (Å²) in [6.45, 7) is 7.63. The molecule has 3 nitrogen and oxygen atoms in total. The van der Waals surface area contributed by atoms with Crippen LogP contribution >= 0.6 is 6.72 Å². The van der Waals surface area contributed by atoms with E-state index in [4.69, 9.17) is 25.4 Å². The van der Waals surface area contributed by atoms with E-state index in [0.717, 1.165) is 19.3 Å². The van der Waals surface area contributed by atoms with E-state index in [1.54, 1.807) is 0 Å². The van der Waals surface area contributed by atoms with Gasteiger partial charge < -0.3 is 13.6 Å². The van der Waals surface area contributed by atoms with Crippen molar-refractivity contribution in [3.05, 3.63) is 0 Å². The lowest BCUT2D eigenvalue weighted by molar-refractivity contribution is 0.114. The third-order valence-corrected chi connectivity index (χ3v) is 8.77. The maximum Gasteiger partial charge on any atom is 0.327 e. The van der Waals surface area contributed by atoms with E-state index < -0.39 is 6.72 Å². The van der Waals surface area contributed by atoms with E-state index in [2.05, 4.69) is 27.7 Å². The van der Waals surface area contributed by atoms with Crippen LogP contribution in [0.15, 0.2) is 0 Å². The molecule has 33 heavy (non-hydrogen) atoms. The van der Waals surface area contributed by atoms with Crippen molar-refractivity contribution in [1.82, 2.24) is 0 Å². The Labute approximate surface area is 213 Å². The molecule has 0 amide bonds. The molecule has 0 aliphatic carbocycles. The maximum absolute atomic E-state index is 6.24. The van der Waals surface area contributed by atoms with Crippen LogP contribution in [0, 0.1) is 0 Å². The SMILES string of the molecule is CCCCCCCCCCOP(=S)(OCCCCCCCCCC)OC(C)CCCCCC. The van der Waals surface area contributed by atoms with Gasteiger partial charge in [0.2, 0.25) is 0 Å². The number of unbranched alkanes of at least 4 members (excludes halogenated alkanes) is 17. The normalized spacial score (nSPS) is 13.0. The molecule has 0 fully saturated rings. The molecular formula is C28H59O3PS. The predicted octanol–water partition coefficient (Wildman–Crippen LogP) is 10.9. The molecule has 0 spiro atoms. The number of hydrogen-bond acceptors (Lipinski definition) is 4. The van der Waals surface area contributed by atoms with Crippen LogP contribution in [-0.2, 0) is 25.4 Å². The number of hydrogen-bond donors (Lipinski definition) is 0. The van der Waals surface area contributed by atoms with Crippen LogP contribution in [0.1, 0.15) is 163 Å². The molecule has 0 aromatic rings. The summed E-state index contributed by atoms with van der Waals surface area (Å²) in [5.74, 6) is 0. The predicted molar refractivity (Wildman–Crippen MR) is 151 cm³/mol. The van der Waals surface area contributed by atoms with E-state index in [9.17, 15) is 0 Å². The Balaban J connectivity index is 4.19. The minimum absolute atomic E-state index is 0.116. The largest absolute Gasteiger partial charge is 0.327 e. The minimum Gasteiger partial charge on any atom is -0.309 e. The fourth-order valence-corrected chi connectivity index (χ4v) is 6.39. The van der Waals surface area contributed by atoms with Crippen LogP contribution < -0.4 is 0 Å². The van der Waals surface area contributed by atoms with Crippen LogP contribution in [-0.4, -0.2) is 19.3 Å². The van der Waals surface area contributed by atoms with E-state index in [-0.39, 0.29) is 6.10 Å². The lowest BCUT2D eigenvalue weighted by atomic mass is 10.1. The summed E-state index contributed by atoms with van der Waals surface area (Å²) in [5.41, 5.74) is 0. The average molecular weight is 507 g/mol. The highest BCUT2D eigenvalue weighted by Gasteiger charge is 2.23. The van der Waals surface area contributed by atoms with Gasteiger partial charge in [0.05, 0.1) is 19.3 Å². The average Bonchev–Trinajstić information content (AvgIpc) is 2.80. The van der Waals surface area contributed by atoms with Gasteiger partial charge in [-0.1, -0.05) is 136 Å². The zero-order valence-corrected chi connectivity index (χ0v) is 24.6. The summed E-state index contributed by atoms with van der Waals surface area (Å²) >= 11 is 5.82. The highest BCUT2D eigenvalue weighted by molar-refractivity contribution is 8.07. The van der Waals surface area contributed by atoms with Crippen molar-refractivity contribution in [3.8, 4) is 0 Å². The van der Waals surface area contributed by atoms with Gasteiger partial charge >= 0.3 is 6.72 Å². The highest BCUT2D eigenvalue weighted by atomic mass is 32.5. The first-order valence-electron chi connectivity index (χ1n) is 14.7. The summed E-state index contributed by atoms with van der Waals surface area (Å²) in [7, 11) is 0. The van der Waals surface area contributed by atoms with Gasteiger partial charge in [-0.05, 0) is 38.0 Å². The van der Waals surface area contributed by atoms with Gasteiger partial charge in [-0.15, -0.1) is 0 Å². The molecule has 0 aliphatic heterocycles. The van der Waals surface area contributed by atoms with Gasteiger partial charge in [-0.3, -0.25) is 0 Å². The van der Waals surface area contributed by atoms with Crippen LogP contribution in [0.3, 0.4) is 0 Å². The monoisotopic (exact) mass is 506 g/mol. The molecule has 0 aromatic carbocycles. The van der Waals surface area contributed by atoms with Crippen molar-refractivity contribution < 1.29 is 13.6 Å². The molecule has 1 atom stereocenters. The van der Waals surface area contributed by atoms with Crippen LogP contribution in [0.2, 0.25) is 0 Å². The van der Waals surface area contributed by atoms with Crippen molar-refractivity contribution in [3.63, 3.8) is 0 Å². The molecule has 0 saturated carbocycles. The first kappa shape index (κ1) is 33.5. The first-order chi connectivity index (χ1) is 16.1. The van der Waals surface area contributed by atoms with Crippen molar-refractivity contribution in [1.29, 1.82) is 0 Å². The second-order valence-electron chi connectivity index (χ2n) is 9.83. The van der Waals surface area contributed by atoms with Gasteiger partial charge in [0, 0.05) is 0 Å². The Morgan fingerprint density at radius 3 is 1.24 bits per heavy atom. The first-order valence-corrected chi connectivity index (χ1v) is 17.2. The second kappa shape index (κ2) is 25.6. The fraction of sp³-hybridized carbons (Fsp3) is 1.00. The van der Waals surface area contributed by atoms with E-state index in [1.165, 1.54) is 116 Å². The van der Waals surface area contributed by atoms with Crippen molar-refractivity contribution in [2.45, 2.75) is 169 Å². The summed E-state index contributed by atoms with van der Waals surface area (Å²) in [6, 6.07) is 0. The fourth-order valence-electron chi connectivity index (χ4n) is 4.05. The Kier molecular flexibility index (Phi) is 26.0. The molecule has 0 aliphatic rings. The van der Waals surface area contributed by atoms with Gasteiger partial charge in [0.25, 0.3) is 0 Å². The van der Waals surface area contributed by atoms with Crippen molar-refractivity contribution in [2.24, 2.45) is 0 Å². The minimum atomic E-state index is -2.64. The molecular weight excluding hydrogens is 447 g/mol. The Bertz CT molecular complexity index is 407. The maximum atomic E-state index is 6.24. The molecule has 1 unspecified atom stereocenters. The third-order valence-electron chi connectivity index (χ3n) is 6.27. The molecule has 200 valence electrons. The highest BCUT2D eigenvalue weighted by Crippen LogP contribution is 2.51. The topological polar surface area (TPSA) is 27.7 Å². The molecule has 0 bridgehead atoms. The Morgan fingerprint density at radius 2 is 0.848 bits per heavy atom. The molecule has 0 aromatic heterocycles. The standard InChI is InChI=1S/C28H59O3PS/c1-5-8-11-14-16-18-20-23-26-29-32(33,31-28(4)25-22-13-10-7-3)30-27-24-21-19-17-15-12-9-6-2/h28H,5-27H2,1-4H3. The van der Waals surface area contributed by atoms with E-state index in [1.807, 2.05) is 0 Å². The molecule has 0 N–H and O–H groups in total. The molecule has 0 saturated heterocycles. The van der Waals surface area contributed by atoms with Crippen LogP contribution in [0.4, 0.5) is 0 Å². The van der Waals surface area contributed by atoms with Gasteiger partial charge in [-0.25, -0.2) is 0 Å². The Morgan fingerprint density at radius 1 is 0.515 bits per heavy atom. The van der Waals surface area contributed by atoms with Gasteiger partial charge in [0.15, 0.2) is 0 Å². The second-order valence-corrected chi connectivity index (χ2v) is 12.8. The summed E-state index contributed by atoms with van der Waals surface area (Å²) in [6.07, 6.45) is 26.9. The lowest BCUT2D eigenvalue weighted by Crippen LogP contribution is -2.11. The van der Waals surface area contributed by atoms with Gasteiger partial charge in [-0.2, -0.15) is 0 Å². The zero-order chi connectivity index (χ0) is 24.5. The quantitative estimate of drug-likeness (QED) is 0.0817. The summed E-state index contributed by atoms with van der Waals surface area (Å²) in [4.78, 5) is 0.